The number of hydrogen-bond acceptors (Lipinski definition) is 3. The van der Waals surface area contributed by atoms with E-state index in [0.29, 0.717) is 12.2 Å². The Kier molecular flexibility index (Phi) is 5.14. The zero-order chi connectivity index (χ0) is 17.6. The van der Waals surface area contributed by atoms with E-state index in [9.17, 15) is 4.79 Å². The summed E-state index contributed by atoms with van der Waals surface area (Å²) in [6, 6.07) is 19.3. The molecule has 1 heterocycles. The zero-order valence-corrected chi connectivity index (χ0v) is 14.4. The molecule has 1 amide bonds. The molecule has 2 aromatic carbocycles. The van der Waals surface area contributed by atoms with Gasteiger partial charge in [-0.25, -0.2) is 4.68 Å². The third-order valence-corrected chi connectivity index (χ3v) is 3.94. The van der Waals surface area contributed by atoms with Gasteiger partial charge in [0, 0.05) is 11.8 Å². The highest BCUT2D eigenvalue weighted by atomic mass is 16.5. The predicted molar refractivity (Wildman–Crippen MR) is 98.3 cm³/mol. The van der Waals surface area contributed by atoms with Crippen molar-refractivity contribution in [3.8, 4) is 11.4 Å². The molecule has 25 heavy (non-hydrogen) atoms. The van der Waals surface area contributed by atoms with Crippen molar-refractivity contribution in [3.05, 3.63) is 71.9 Å². The van der Waals surface area contributed by atoms with Crippen molar-refractivity contribution in [2.45, 2.75) is 19.8 Å². The van der Waals surface area contributed by atoms with Gasteiger partial charge in [-0.1, -0.05) is 37.3 Å². The van der Waals surface area contributed by atoms with Crippen LogP contribution in [-0.2, 0) is 17.6 Å². The molecule has 128 valence electrons. The number of methoxy groups -OCH3 is 1. The Hall–Kier alpha value is -3.08. The lowest BCUT2D eigenvalue weighted by atomic mass is 10.1. The van der Waals surface area contributed by atoms with Crippen LogP contribution in [0.1, 0.15) is 18.2 Å². The molecule has 1 N–H and O–H groups in total. The van der Waals surface area contributed by atoms with Crippen LogP contribution < -0.4 is 10.1 Å². The first-order chi connectivity index (χ1) is 12.2. The van der Waals surface area contributed by atoms with Crippen LogP contribution in [0, 0.1) is 0 Å². The van der Waals surface area contributed by atoms with Gasteiger partial charge in [-0.05, 0) is 36.2 Å². The first-order valence-electron chi connectivity index (χ1n) is 8.26. The van der Waals surface area contributed by atoms with Crippen LogP contribution in [0.2, 0.25) is 0 Å². The number of anilines is 1. The molecule has 3 aromatic rings. The first-order valence-corrected chi connectivity index (χ1v) is 8.26. The monoisotopic (exact) mass is 335 g/mol. The summed E-state index contributed by atoms with van der Waals surface area (Å²) in [5.41, 5.74) is 2.96. The average molecular weight is 335 g/mol. The summed E-state index contributed by atoms with van der Waals surface area (Å²) >= 11 is 0. The average Bonchev–Trinajstić information content (AvgIpc) is 3.05. The van der Waals surface area contributed by atoms with Gasteiger partial charge in [-0.3, -0.25) is 4.79 Å². The molecule has 3 rings (SSSR count). The third-order valence-electron chi connectivity index (χ3n) is 3.94. The topological polar surface area (TPSA) is 56.1 Å². The van der Waals surface area contributed by atoms with E-state index in [4.69, 9.17) is 4.74 Å². The second kappa shape index (κ2) is 7.66. The third kappa shape index (κ3) is 4.07. The fourth-order valence-electron chi connectivity index (χ4n) is 2.64. The minimum absolute atomic E-state index is 0.0921. The molecule has 0 radical (unpaired) electrons. The molecule has 1 aromatic heterocycles. The molecule has 0 bridgehead atoms. The molecule has 0 aliphatic rings. The fourth-order valence-corrected chi connectivity index (χ4v) is 2.64. The number of ether oxygens (including phenoxy) is 1. The lowest BCUT2D eigenvalue weighted by Crippen LogP contribution is -2.15. The van der Waals surface area contributed by atoms with Gasteiger partial charge in [0.25, 0.3) is 0 Å². The van der Waals surface area contributed by atoms with Crippen LogP contribution in [0.5, 0.6) is 5.75 Å². The smallest absolute Gasteiger partial charge is 0.229 e. The molecule has 5 heteroatoms. The number of aryl methyl sites for hydroxylation is 1. The summed E-state index contributed by atoms with van der Waals surface area (Å²) in [5.74, 6) is 1.25. The van der Waals surface area contributed by atoms with Gasteiger partial charge in [-0.2, -0.15) is 0 Å². The normalized spacial score (nSPS) is 10.5. The van der Waals surface area contributed by atoms with Gasteiger partial charge in [0.1, 0.15) is 5.75 Å². The Labute approximate surface area is 147 Å². The Morgan fingerprint density at radius 2 is 1.84 bits per heavy atom. The number of amides is 1. The number of carbonyl (C=O) groups is 1. The van der Waals surface area contributed by atoms with Crippen LogP contribution in [-0.4, -0.2) is 22.8 Å². The van der Waals surface area contributed by atoms with E-state index >= 15 is 0 Å². The van der Waals surface area contributed by atoms with Gasteiger partial charge >= 0.3 is 0 Å². The maximum atomic E-state index is 12.3. The Morgan fingerprint density at radius 1 is 1.12 bits per heavy atom. The van der Waals surface area contributed by atoms with E-state index in [-0.39, 0.29) is 5.91 Å². The van der Waals surface area contributed by atoms with Crippen molar-refractivity contribution < 1.29 is 9.53 Å². The van der Waals surface area contributed by atoms with Crippen LogP contribution in [0.3, 0.4) is 0 Å². The van der Waals surface area contributed by atoms with Crippen molar-refractivity contribution in [1.29, 1.82) is 0 Å². The summed E-state index contributed by atoms with van der Waals surface area (Å²) in [6.45, 7) is 2.07. The van der Waals surface area contributed by atoms with Crippen molar-refractivity contribution in [3.63, 3.8) is 0 Å². The van der Waals surface area contributed by atoms with E-state index < -0.39 is 0 Å². The van der Waals surface area contributed by atoms with E-state index in [1.54, 1.807) is 7.11 Å². The molecule has 0 aliphatic carbocycles. The minimum atomic E-state index is -0.0921. The molecule has 5 nitrogen and oxygen atoms in total. The highest BCUT2D eigenvalue weighted by Gasteiger charge is 2.11. The van der Waals surface area contributed by atoms with E-state index in [1.807, 2.05) is 65.3 Å². The number of nitrogens with one attached hydrogen (secondary N) is 1. The van der Waals surface area contributed by atoms with Gasteiger partial charge in [0.05, 0.1) is 19.2 Å². The number of para-hydroxylation sites is 1. The quantitative estimate of drug-likeness (QED) is 0.748. The fraction of sp³-hybridized carbons (Fsp3) is 0.200. The molecule has 0 fully saturated rings. The summed E-state index contributed by atoms with van der Waals surface area (Å²) in [6.07, 6.45) is 1.12. The Bertz CT molecular complexity index is 839. The Morgan fingerprint density at radius 3 is 2.48 bits per heavy atom. The van der Waals surface area contributed by atoms with Crippen molar-refractivity contribution in [2.75, 3.05) is 12.4 Å². The second-order valence-electron chi connectivity index (χ2n) is 5.69. The lowest BCUT2D eigenvalue weighted by molar-refractivity contribution is -0.115. The molecule has 0 saturated carbocycles. The summed E-state index contributed by atoms with van der Waals surface area (Å²) in [5, 5.41) is 7.41. The molecule has 0 unspecified atom stereocenters. The molecular formula is C20H21N3O2. The largest absolute Gasteiger partial charge is 0.497 e. The van der Waals surface area contributed by atoms with Gasteiger partial charge in [0.2, 0.25) is 5.91 Å². The molecule has 0 aliphatic heterocycles. The SMILES string of the molecule is CCc1cc(NC(=O)Cc2ccc(OC)cc2)nn1-c1ccccc1. The zero-order valence-electron chi connectivity index (χ0n) is 14.4. The first kappa shape index (κ1) is 16.8. The van der Waals surface area contributed by atoms with Crippen molar-refractivity contribution >= 4 is 11.7 Å². The molecular weight excluding hydrogens is 314 g/mol. The number of benzene rings is 2. The summed E-state index contributed by atoms with van der Waals surface area (Å²) in [7, 11) is 1.62. The standard InChI is InChI=1S/C20H21N3O2/c1-3-16-14-19(22-23(16)17-7-5-4-6-8-17)21-20(24)13-15-9-11-18(25-2)12-10-15/h4-12,14H,3,13H2,1-2H3,(H,21,22,24). The number of hydrogen-bond donors (Lipinski definition) is 1. The van der Waals surface area contributed by atoms with Gasteiger partial charge < -0.3 is 10.1 Å². The van der Waals surface area contributed by atoms with Crippen molar-refractivity contribution in [1.82, 2.24) is 9.78 Å². The van der Waals surface area contributed by atoms with Crippen molar-refractivity contribution in [2.24, 2.45) is 0 Å². The summed E-state index contributed by atoms with van der Waals surface area (Å²) < 4.78 is 6.99. The minimum Gasteiger partial charge on any atom is -0.497 e. The van der Waals surface area contributed by atoms with E-state index in [2.05, 4.69) is 17.3 Å². The molecule has 0 atom stereocenters. The van der Waals surface area contributed by atoms with Crippen LogP contribution in [0.4, 0.5) is 5.82 Å². The number of nitrogens with zero attached hydrogens (tertiary/aromatic N) is 2. The maximum absolute atomic E-state index is 12.3. The van der Waals surface area contributed by atoms with Crippen LogP contribution in [0.15, 0.2) is 60.7 Å². The van der Waals surface area contributed by atoms with Crippen LogP contribution in [0.25, 0.3) is 5.69 Å². The lowest BCUT2D eigenvalue weighted by Gasteiger charge is -2.05. The predicted octanol–water partition coefficient (Wildman–Crippen LogP) is 3.62. The molecule has 0 saturated heterocycles. The van der Waals surface area contributed by atoms with E-state index in [0.717, 1.165) is 29.1 Å². The second-order valence-corrected chi connectivity index (χ2v) is 5.69. The van der Waals surface area contributed by atoms with Gasteiger partial charge in [-0.15, -0.1) is 5.10 Å². The van der Waals surface area contributed by atoms with Crippen LogP contribution >= 0.6 is 0 Å². The number of carbonyl (C=O) groups excluding carboxylic acids is 1. The highest BCUT2D eigenvalue weighted by molar-refractivity contribution is 5.91. The molecule has 0 spiro atoms. The highest BCUT2D eigenvalue weighted by Crippen LogP contribution is 2.17. The Balaban J connectivity index is 1.72. The van der Waals surface area contributed by atoms with Gasteiger partial charge in [0.15, 0.2) is 5.82 Å². The summed E-state index contributed by atoms with van der Waals surface area (Å²) in [4.78, 5) is 12.3. The van der Waals surface area contributed by atoms with E-state index in [1.165, 1.54) is 0 Å². The number of aromatic nitrogens is 2. The number of rotatable bonds is 6. The maximum Gasteiger partial charge on any atom is 0.229 e.